The van der Waals surface area contributed by atoms with Gasteiger partial charge in [-0.05, 0) is 43.0 Å². The van der Waals surface area contributed by atoms with Gasteiger partial charge in [0.05, 0.1) is 17.6 Å². The van der Waals surface area contributed by atoms with E-state index in [0.29, 0.717) is 12.3 Å². The van der Waals surface area contributed by atoms with Gasteiger partial charge in [0.25, 0.3) is 5.91 Å². The fourth-order valence-corrected chi connectivity index (χ4v) is 2.97. The van der Waals surface area contributed by atoms with Crippen molar-refractivity contribution in [1.29, 1.82) is 0 Å². The van der Waals surface area contributed by atoms with E-state index < -0.39 is 0 Å². The first kappa shape index (κ1) is 12.5. The van der Waals surface area contributed by atoms with E-state index in [-0.39, 0.29) is 5.91 Å². The largest absolute Gasteiger partial charge is 0.459 e. The molecule has 1 aromatic carbocycles. The molecule has 0 N–H and O–H groups in total. The summed E-state index contributed by atoms with van der Waals surface area (Å²) < 4.78 is 5.26. The van der Waals surface area contributed by atoms with Crippen LogP contribution in [0.15, 0.2) is 47.1 Å². The molecule has 1 aromatic heterocycles. The monoisotopic (exact) mass is 282 g/mol. The van der Waals surface area contributed by atoms with E-state index in [1.165, 1.54) is 12.8 Å². The third-order valence-corrected chi connectivity index (χ3v) is 4.26. The van der Waals surface area contributed by atoms with Crippen molar-refractivity contribution in [3.63, 3.8) is 0 Å². The molecule has 0 saturated heterocycles. The molecular formula is C17H18N2O2. The highest BCUT2D eigenvalue weighted by Crippen LogP contribution is 2.37. The second-order valence-corrected chi connectivity index (χ2v) is 5.81. The van der Waals surface area contributed by atoms with E-state index in [1.54, 1.807) is 18.4 Å². The van der Waals surface area contributed by atoms with E-state index in [4.69, 9.17) is 4.42 Å². The number of nitrogens with zero attached hydrogens (tertiary/aromatic N) is 2. The van der Waals surface area contributed by atoms with Crippen molar-refractivity contribution < 1.29 is 9.21 Å². The highest BCUT2D eigenvalue weighted by atomic mass is 16.3. The third kappa shape index (κ3) is 2.31. The lowest BCUT2D eigenvalue weighted by Crippen LogP contribution is -2.44. The Kier molecular flexibility index (Phi) is 2.95. The number of rotatable bonds is 3. The highest BCUT2D eigenvalue weighted by Gasteiger charge is 2.31. The molecule has 1 aliphatic heterocycles. The summed E-state index contributed by atoms with van der Waals surface area (Å²) in [5.74, 6) is 1.18. The number of benzene rings is 1. The van der Waals surface area contributed by atoms with E-state index in [2.05, 4.69) is 11.0 Å². The molecule has 1 saturated carbocycles. The maximum absolute atomic E-state index is 12.6. The van der Waals surface area contributed by atoms with Crippen molar-refractivity contribution in [3.05, 3.63) is 48.4 Å². The number of anilines is 2. The summed E-state index contributed by atoms with van der Waals surface area (Å²) in [6.07, 6.45) is 4.23. The van der Waals surface area contributed by atoms with Gasteiger partial charge in [0.15, 0.2) is 5.76 Å². The molecule has 1 amide bonds. The molecule has 2 aliphatic rings. The van der Waals surface area contributed by atoms with Crippen LogP contribution in [0.25, 0.3) is 0 Å². The minimum atomic E-state index is -0.0569. The van der Waals surface area contributed by atoms with Crippen LogP contribution in [0.1, 0.15) is 23.4 Å². The number of hydrogen-bond acceptors (Lipinski definition) is 3. The van der Waals surface area contributed by atoms with Crippen LogP contribution in [-0.4, -0.2) is 25.5 Å². The van der Waals surface area contributed by atoms with Gasteiger partial charge < -0.3 is 14.2 Å². The molecule has 1 fully saturated rings. The Morgan fingerprint density at radius 3 is 2.62 bits per heavy atom. The second kappa shape index (κ2) is 4.95. The number of carbonyl (C=O) groups excluding carboxylic acids is 1. The Hall–Kier alpha value is -2.23. The van der Waals surface area contributed by atoms with Crippen molar-refractivity contribution in [2.75, 3.05) is 29.4 Å². The van der Waals surface area contributed by atoms with Gasteiger partial charge in [-0.25, -0.2) is 0 Å². The normalized spacial score (nSPS) is 17.7. The van der Waals surface area contributed by atoms with Crippen LogP contribution in [0.2, 0.25) is 0 Å². The quantitative estimate of drug-likeness (QED) is 0.867. The van der Waals surface area contributed by atoms with Gasteiger partial charge in [-0.2, -0.15) is 0 Å². The predicted molar refractivity (Wildman–Crippen MR) is 81.8 cm³/mol. The van der Waals surface area contributed by atoms with Crippen molar-refractivity contribution in [1.82, 2.24) is 0 Å². The molecule has 4 heteroatoms. The first-order valence-corrected chi connectivity index (χ1v) is 7.52. The summed E-state index contributed by atoms with van der Waals surface area (Å²) in [6.45, 7) is 2.71. The molecule has 108 valence electrons. The van der Waals surface area contributed by atoms with Crippen LogP contribution in [0.4, 0.5) is 11.4 Å². The number of hydrogen-bond donors (Lipinski definition) is 0. The number of para-hydroxylation sites is 2. The van der Waals surface area contributed by atoms with Gasteiger partial charge >= 0.3 is 0 Å². The molecule has 4 nitrogen and oxygen atoms in total. The van der Waals surface area contributed by atoms with Crippen molar-refractivity contribution in [3.8, 4) is 0 Å². The van der Waals surface area contributed by atoms with Crippen LogP contribution in [0.5, 0.6) is 0 Å². The third-order valence-electron chi connectivity index (χ3n) is 4.26. The van der Waals surface area contributed by atoms with Crippen LogP contribution < -0.4 is 9.80 Å². The topological polar surface area (TPSA) is 36.7 Å². The summed E-state index contributed by atoms with van der Waals surface area (Å²) >= 11 is 0. The van der Waals surface area contributed by atoms with Gasteiger partial charge in [0, 0.05) is 19.6 Å². The molecule has 4 rings (SSSR count). The molecule has 0 bridgehead atoms. The fourth-order valence-electron chi connectivity index (χ4n) is 2.97. The van der Waals surface area contributed by atoms with Crippen molar-refractivity contribution in [2.45, 2.75) is 12.8 Å². The number of carbonyl (C=O) groups is 1. The lowest BCUT2D eigenvalue weighted by molar-refractivity contribution is 0.0960. The second-order valence-electron chi connectivity index (χ2n) is 5.81. The van der Waals surface area contributed by atoms with Crippen molar-refractivity contribution in [2.24, 2.45) is 5.92 Å². The van der Waals surface area contributed by atoms with Gasteiger partial charge in [-0.15, -0.1) is 0 Å². The van der Waals surface area contributed by atoms with Gasteiger partial charge in [0.2, 0.25) is 0 Å². The minimum Gasteiger partial charge on any atom is -0.459 e. The average Bonchev–Trinajstić information content (AvgIpc) is 3.16. The highest BCUT2D eigenvalue weighted by molar-refractivity contribution is 6.06. The number of amides is 1. The Morgan fingerprint density at radius 2 is 1.90 bits per heavy atom. The van der Waals surface area contributed by atoms with Gasteiger partial charge in [-0.3, -0.25) is 4.79 Å². The maximum atomic E-state index is 12.6. The zero-order valence-electron chi connectivity index (χ0n) is 11.9. The first-order valence-electron chi connectivity index (χ1n) is 7.52. The standard InChI is InChI=1S/C17H18N2O2/c20-17(16-6-3-11-21-16)19-10-9-18(12-13-7-8-13)14-4-1-2-5-15(14)19/h1-6,11,13H,7-10,12H2. The van der Waals surface area contributed by atoms with Gasteiger partial charge in [0.1, 0.15) is 0 Å². The Bertz CT molecular complexity index is 647. The van der Waals surface area contributed by atoms with Crippen LogP contribution in [0, 0.1) is 5.92 Å². The summed E-state index contributed by atoms with van der Waals surface area (Å²) in [6, 6.07) is 11.6. The van der Waals surface area contributed by atoms with E-state index in [1.807, 2.05) is 23.1 Å². The molecule has 0 spiro atoms. The first-order chi connectivity index (χ1) is 10.3. The Labute approximate surface area is 124 Å². The van der Waals surface area contributed by atoms with Gasteiger partial charge in [-0.1, -0.05) is 12.1 Å². The number of fused-ring (bicyclic) bond motifs is 1. The zero-order chi connectivity index (χ0) is 14.2. The van der Waals surface area contributed by atoms with E-state index >= 15 is 0 Å². The number of furan rings is 1. The molecular weight excluding hydrogens is 264 g/mol. The summed E-state index contributed by atoms with van der Waals surface area (Å²) in [7, 11) is 0. The van der Waals surface area contributed by atoms with E-state index in [0.717, 1.165) is 30.4 Å². The smallest absolute Gasteiger partial charge is 0.294 e. The molecule has 0 atom stereocenters. The van der Waals surface area contributed by atoms with Crippen LogP contribution in [-0.2, 0) is 0 Å². The lowest BCUT2D eigenvalue weighted by Gasteiger charge is -2.37. The van der Waals surface area contributed by atoms with E-state index in [9.17, 15) is 4.79 Å². The maximum Gasteiger partial charge on any atom is 0.294 e. The molecule has 0 unspecified atom stereocenters. The van der Waals surface area contributed by atoms with Crippen LogP contribution >= 0.6 is 0 Å². The molecule has 1 aliphatic carbocycles. The molecule has 0 radical (unpaired) electrons. The average molecular weight is 282 g/mol. The fraction of sp³-hybridized carbons (Fsp3) is 0.353. The predicted octanol–water partition coefficient (Wildman–Crippen LogP) is 3.16. The molecule has 2 heterocycles. The molecule has 21 heavy (non-hydrogen) atoms. The van der Waals surface area contributed by atoms with Crippen LogP contribution in [0.3, 0.4) is 0 Å². The Balaban J connectivity index is 1.65. The Morgan fingerprint density at radius 1 is 1.10 bits per heavy atom. The van der Waals surface area contributed by atoms with Crippen molar-refractivity contribution >= 4 is 17.3 Å². The summed E-state index contributed by atoms with van der Waals surface area (Å²) in [5, 5.41) is 0. The molecule has 2 aromatic rings. The zero-order valence-corrected chi connectivity index (χ0v) is 11.9. The SMILES string of the molecule is O=C(c1ccco1)N1CCN(CC2CC2)c2ccccc21. The summed E-state index contributed by atoms with van der Waals surface area (Å²) in [5.41, 5.74) is 2.15. The summed E-state index contributed by atoms with van der Waals surface area (Å²) in [4.78, 5) is 16.8. The minimum absolute atomic E-state index is 0.0569. The lowest BCUT2D eigenvalue weighted by atomic mass is 10.1.